The first-order chi connectivity index (χ1) is 28.8. The number of nitrogens with one attached hydrogen (secondary N) is 2. The Balaban J connectivity index is 0.000000179. The first-order valence-electron chi connectivity index (χ1n) is 20.7. The number of phenols is 1. The SMILES string of the molecule is COc1cc2c(CCCCN3CC=C(c4ccccc4)CC3)c[nH]c2cc1C(=O)O.O=C(O)c1cc2[nH]cc(CCCCN3CC=C(c4ccccc4)CC3)c2cc1O. The molecule has 0 unspecified atom stereocenters. The molecule has 2 aliphatic rings. The molecule has 0 amide bonds. The van der Waals surface area contributed by atoms with Crippen molar-refractivity contribution in [1.82, 2.24) is 19.8 Å². The third-order valence-corrected chi connectivity index (χ3v) is 11.6. The van der Waals surface area contributed by atoms with E-state index in [2.05, 4.69) is 92.6 Å². The van der Waals surface area contributed by atoms with Gasteiger partial charge >= 0.3 is 11.9 Å². The molecule has 8 rings (SSSR count). The number of rotatable bonds is 15. The van der Waals surface area contributed by atoms with Crippen LogP contribution in [0, 0.1) is 0 Å². The standard InChI is InChI=1S/C25H28N2O3.C24H26N2O3/c1-30-24-16-21-20(17-26-23(21)15-22(24)25(28)29)9-5-6-12-27-13-10-19(11-14-27)18-7-3-2-4-8-18;27-23-15-20-19(16-25-22(20)14-21(23)24(28)29)8-4-5-11-26-12-9-18(10-13-26)17-6-2-1-3-7-17/h2-4,7-8,10,15-17,26H,5-6,9,11-14H2,1H3,(H,28,29);1-3,6-7,9,14-16,25,27H,4-5,8,10-13H2,(H,28,29). The molecule has 0 aliphatic carbocycles. The fourth-order valence-electron chi connectivity index (χ4n) is 8.30. The molecule has 6 aromatic rings. The van der Waals surface area contributed by atoms with E-state index in [-0.39, 0.29) is 16.9 Å². The van der Waals surface area contributed by atoms with Gasteiger partial charge < -0.3 is 30.0 Å². The normalized spacial score (nSPS) is 14.7. The van der Waals surface area contributed by atoms with Crippen LogP contribution >= 0.6 is 0 Å². The van der Waals surface area contributed by atoms with Crippen molar-refractivity contribution >= 4 is 44.9 Å². The van der Waals surface area contributed by atoms with Crippen molar-refractivity contribution in [1.29, 1.82) is 0 Å². The Morgan fingerprint density at radius 1 is 0.644 bits per heavy atom. The number of aromatic hydroxyl groups is 1. The molecule has 59 heavy (non-hydrogen) atoms. The van der Waals surface area contributed by atoms with E-state index in [0.717, 1.165) is 118 Å². The van der Waals surface area contributed by atoms with Gasteiger partial charge in [0.15, 0.2) is 0 Å². The number of aromatic amines is 2. The van der Waals surface area contributed by atoms with Crippen molar-refractivity contribution in [3.63, 3.8) is 0 Å². The summed E-state index contributed by atoms with van der Waals surface area (Å²) in [4.78, 5) is 33.9. The van der Waals surface area contributed by atoms with Crippen LogP contribution in [0.4, 0.5) is 0 Å². The number of methoxy groups -OCH3 is 1. The zero-order valence-electron chi connectivity index (χ0n) is 33.8. The largest absolute Gasteiger partial charge is 0.507 e. The number of aryl methyl sites for hydroxylation is 2. The Bertz CT molecular complexity index is 2430. The Kier molecular flexibility index (Phi) is 13.6. The van der Waals surface area contributed by atoms with Crippen molar-refractivity contribution in [2.75, 3.05) is 46.4 Å². The quantitative estimate of drug-likeness (QED) is 0.0648. The van der Waals surface area contributed by atoms with Gasteiger partial charge in [-0.2, -0.15) is 0 Å². The molecule has 10 nitrogen and oxygen atoms in total. The van der Waals surface area contributed by atoms with Crippen molar-refractivity contribution in [3.05, 3.63) is 143 Å². The maximum atomic E-state index is 11.4. The molecule has 0 saturated heterocycles. The summed E-state index contributed by atoms with van der Waals surface area (Å²) in [5, 5.41) is 30.4. The van der Waals surface area contributed by atoms with Crippen molar-refractivity contribution in [2.45, 2.75) is 51.4 Å². The lowest BCUT2D eigenvalue weighted by Gasteiger charge is -2.26. The number of carbonyl (C=O) groups is 2. The van der Waals surface area contributed by atoms with Gasteiger partial charge in [-0.15, -0.1) is 0 Å². The van der Waals surface area contributed by atoms with E-state index in [1.165, 1.54) is 41.0 Å². The Hall–Kier alpha value is -6.10. The maximum absolute atomic E-state index is 11.4. The second-order valence-corrected chi connectivity index (χ2v) is 15.5. The van der Waals surface area contributed by atoms with Crippen LogP contribution in [-0.4, -0.2) is 93.4 Å². The maximum Gasteiger partial charge on any atom is 0.339 e. The minimum atomic E-state index is -1.12. The summed E-state index contributed by atoms with van der Waals surface area (Å²) < 4.78 is 5.28. The number of benzene rings is 4. The van der Waals surface area contributed by atoms with Gasteiger partial charge in [0.25, 0.3) is 0 Å². The lowest BCUT2D eigenvalue weighted by Crippen LogP contribution is -2.29. The van der Waals surface area contributed by atoms with E-state index in [1.54, 1.807) is 12.1 Å². The zero-order valence-corrected chi connectivity index (χ0v) is 33.8. The topological polar surface area (TPSA) is 142 Å². The second kappa shape index (κ2) is 19.6. The zero-order chi connectivity index (χ0) is 41.1. The number of ether oxygens (including phenoxy) is 1. The number of hydrogen-bond donors (Lipinski definition) is 5. The highest BCUT2D eigenvalue weighted by atomic mass is 16.5. The molecule has 2 aliphatic heterocycles. The van der Waals surface area contributed by atoms with Crippen LogP contribution in [-0.2, 0) is 12.8 Å². The van der Waals surface area contributed by atoms with E-state index in [4.69, 9.17) is 9.84 Å². The van der Waals surface area contributed by atoms with E-state index < -0.39 is 11.9 Å². The fraction of sp³-hybridized carbons (Fsp3) is 0.306. The number of aromatic carboxylic acids is 2. The number of fused-ring (bicyclic) bond motifs is 2. The van der Waals surface area contributed by atoms with E-state index in [0.29, 0.717) is 5.75 Å². The van der Waals surface area contributed by atoms with E-state index >= 15 is 0 Å². The van der Waals surface area contributed by atoms with Gasteiger partial charge in [0.2, 0.25) is 0 Å². The van der Waals surface area contributed by atoms with Gasteiger partial charge in [0.05, 0.1) is 7.11 Å². The van der Waals surface area contributed by atoms with Gasteiger partial charge in [0.1, 0.15) is 22.6 Å². The minimum absolute atomic E-state index is 0.0704. The van der Waals surface area contributed by atoms with Crippen molar-refractivity contribution in [3.8, 4) is 11.5 Å². The second-order valence-electron chi connectivity index (χ2n) is 15.5. The predicted molar refractivity (Wildman–Crippen MR) is 236 cm³/mol. The van der Waals surface area contributed by atoms with E-state index in [9.17, 15) is 19.8 Å². The molecule has 0 fully saturated rings. The van der Waals surface area contributed by atoms with Gasteiger partial charge in [-0.1, -0.05) is 72.8 Å². The smallest absolute Gasteiger partial charge is 0.339 e. The summed E-state index contributed by atoms with van der Waals surface area (Å²) in [7, 11) is 1.51. The average Bonchev–Trinajstić information content (AvgIpc) is 3.86. The average molecular weight is 795 g/mol. The lowest BCUT2D eigenvalue weighted by atomic mass is 9.99. The Morgan fingerprint density at radius 2 is 1.12 bits per heavy atom. The highest BCUT2D eigenvalue weighted by Gasteiger charge is 2.18. The van der Waals surface area contributed by atoms with Crippen molar-refractivity contribution in [2.24, 2.45) is 0 Å². The van der Waals surface area contributed by atoms with Crippen LogP contribution in [0.3, 0.4) is 0 Å². The van der Waals surface area contributed by atoms with Gasteiger partial charge in [-0.25, -0.2) is 9.59 Å². The Morgan fingerprint density at radius 3 is 1.56 bits per heavy atom. The van der Waals surface area contributed by atoms with Crippen LogP contribution in [0.1, 0.15) is 81.5 Å². The predicted octanol–water partition coefficient (Wildman–Crippen LogP) is 9.67. The molecule has 4 aromatic carbocycles. The van der Waals surface area contributed by atoms with Crippen LogP contribution in [0.25, 0.3) is 33.0 Å². The highest BCUT2D eigenvalue weighted by Crippen LogP contribution is 2.31. The summed E-state index contributed by atoms with van der Waals surface area (Å²) in [6.07, 6.45) is 17.1. The minimum Gasteiger partial charge on any atom is -0.507 e. The molecular formula is C49H54N4O6. The van der Waals surface area contributed by atoms with Gasteiger partial charge in [0, 0.05) is 60.4 Å². The molecule has 0 saturated carbocycles. The summed E-state index contributed by atoms with van der Waals surface area (Å²) in [6, 6.07) is 27.8. The number of H-pyrrole nitrogens is 2. The van der Waals surface area contributed by atoms with E-state index in [1.807, 2.05) is 18.5 Å². The monoisotopic (exact) mass is 794 g/mol. The fourth-order valence-corrected chi connectivity index (χ4v) is 8.30. The molecular weight excluding hydrogens is 741 g/mol. The molecule has 0 radical (unpaired) electrons. The first kappa shape index (κ1) is 41.1. The number of carboxylic acids is 2. The summed E-state index contributed by atoms with van der Waals surface area (Å²) >= 11 is 0. The van der Waals surface area contributed by atoms with Crippen LogP contribution in [0.15, 0.2) is 109 Å². The summed E-state index contributed by atoms with van der Waals surface area (Å²) in [5.74, 6) is -1.87. The molecule has 0 bridgehead atoms. The van der Waals surface area contributed by atoms with Crippen LogP contribution < -0.4 is 4.74 Å². The van der Waals surface area contributed by atoms with Gasteiger partial charge in [-0.3, -0.25) is 9.80 Å². The number of aromatic nitrogens is 2. The number of unbranched alkanes of at least 4 members (excludes halogenated alkanes) is 2. The Labute approximate surface area is 345 Å². The number of hydrogen-bond acceptors (Lipinski definition) is 6. The molecule has 10 heteroatoms. The third kappa shape index (κ3) is 10.3. The number of carboxylic acid groups (broad SMARTS) is 2. The third-order valence-electron chi connectivity index (χ3n) is 11.6. The lowest BCUT2D eigenvalue weighted by molar-refractivity contribution is 0.0682. The summed E-state index contributed by atoms with van der Waals surface area (Å²) in [6.45, 7) is 6.42. The highest BCUT2D eigenvalue weighted by molar-refractivity contribution is 5.98. The molecule has 2 aromatic heterocycles. The van der Waals surface area contributed by atoms with Crippen LogP contribution in [0.2, 0.25) is 0 Å². The van der Waals surface area contributed by atoms with Crippen LogP contribution in [0.5, 0.6) is 11.5 Å². The molecule has 4 heterocycles. The first-order valence-corrected chi connectivity index (χ1v) is 20.7. The molecule has 5 N–H and O–H groups in total. The molecule has 306 valence electrons. The number of nitrogens with zero attached hydrogens (tertiary/aromatic N) is 2. The molecule has 0 atom stereocenters. The van der Waals surface area contributed by atoms with Gasteiger partial charge in [-0.05, 0) is 122 Å². The summed E-state index contributed by atoms with van der Waals surface area (Å²) in [5.41, 5.74) is 9.63. The van der Waals surface area contributed by atoms with Crippen molar-refractivity contribution < 1.29 is 29.6 Å². The molecule has 0 spiro atoms.